The molecule has 3 aromatic rings. The van der Waals surface area contributed by atoms with E-state index in [9.17, 15) is 4.79 Å². The number of carbonyl (C=O) groups is 1. The van der Waals surface area contributed by atoms with E-state index >= 15 is 0 Å². The molecule has 0 atom stereocenters. The van der Waals surface area contributed by atoms with Crippen LogP contribution in [0, 0.1) is 20.8 Å². The first kappa shape index (κ1) is 18.7. The molecular formula is C25H26O3. The number of fused-ring (bicyclic) bond motifs is 2. The number of rotatable bonds is 3. The van der Waals surface area contributed by atoms with Crippen LogP contribution in [0.5, 0.6) is 0 Å². The third kappa shape index (κ3) is 2.91. The van der Waals surface area contributed by atoms with Crippen LogP contribution in [0.3, 0.4) is 0 Å². The van der Waals surface area contributed by atoms with Gasteiger partial charge in [0.2, 0.25) is 0 Å². The molecular weight excluding hydrogens is 348 g/mol. The standard InChI is InChI=1S/C25H26O3/c1-14(2)28-25(26)24-17(5)21-13-27-12-20(21)16(4)23(24)22-15(3)10-11-18-8-6-7-9-19(18)22/h6-11,14H,12-13H2,1-5H3. The lowest BCUT2D eigenvalue weighted by molar-refractivity contribution is 0.0377. The molecule has 1 aliphatic heterocycles. The number of ether oxygens (including phenoxy) is 2. The second-order valence-electron chi connectivity index (χ2n) is 7.88. The zero-order valence-electron chi connectivity index (χ0n) is 17.2. The molecule has 0 amide bonds. The summed E-state index contributed by atoms with van der Waals surface area (Å²) in [6.45, 7) is 11.2. The van der Waals surface area contributed by atoms with Crippen molar-refractivity contribution in [1.82, 2.24) is 0 Å². The summed E-state index contributed by atoms with van der Waals surface area (Å²) in [4.78, 5) is 13.2. The van der Waals surface area contributed by atoms with Crippen molar-refractivity contribution in [2.45, 2.75) is 53.9 Å². The topological polar surface area (TPSA) is 35.5 Å². The minimum atomic E-state index is -0.257. The maximum absolute atomic E-state index is 13.2. The Labute approximate surface area is 166 Å². The fraction of sp³-hybridized carbons (Fsp3) is 0.320. The average Bonchev–Trinajstić information content (AvgIpc) is 3.15. The molecule has 144 valence electrons. The van der Waals surface area contributed by atoms with Crippen molar-refractivity contribution in [3.63, 3.8) is 0 Å². The molecule has 3 heteroatoms. The Kier molecular flexibility index (Phi) is 4.72. The summed E-state index contributed by atoms with van der Waals surface area (Å²) in [5.74, 6) is -0.257. The van der Waals surface area contributed by atoms with Gasteiger partial charge < -0.3 is 9.47 Å². The minimum Gasteiger partial charge on any atom is -0.459 e. The van der Waals surface area contributed by atoms with Crippen LogP contribution in [-0.4, -0.2) is 12.1 Å². The first-order valence-corrected chi connectivity index (χ1v) is 9.82. The summed E-state index contributed by atoms with van der Waals surface area (Å²) in [5.41, 5.74) is 8.37. The van der Waals surface area contributed by atoms with Gasteiger partial charge in [0, 0.05) is 5.56 Å². The number of esters is 1. The molecule has 0 aromatic heterocycles. The van der Waals surface area contributed by atoms with Crippen LogP contribution in [0.15, 0.2) is 36.4 Å². The molecule has 0 radical (unpaired) electrons. The summed E-state index contributed by atoms with van der Waals surface area (Å²) in [6, 6.07) is 12.6. The lowest BCUT2D eigenvalue weighted by Crippen LogP contribution is -2.16. The van der Waals surface area contributed by atoms with Gasteiger partial charge in [-0.3, -0.25) is 0 Å². The molecule has 1 aliphatic rings. The molecule has 0 aliphatic carbocycles. The minimum absolute atomic E-state index is 0.168. The van der Waals surface area contributed by atoms with Crippen LogP contribution < -0.4 is 0 Å². The summed E-state index contributed by atoms with van der Waals surface area (Å²) in [5, 5.41) is 2.32. The number of aryl methyl sites for hydroxylation is 1. The fourth-order valence-corrected chi connectivity index (χ4v) is 4.33. The Bertz CT molecular complexity index is 1090. The van der Waals surface area contributed by atoms with Gasteiger partial charge in [-0.25, -0.2) is 4.79 Å². The largest absolute Gasteiger partial charge is 0.459 e. The van der Waals surface area contributed by atoms with Crippen LogP contribution in [0.4, 0.5) is 0 Å². The first-order chi connectivity index (χ1) is 13.4. The Morgan fingerprint density at radius 3 is 2.32 bits per heavy atom. The maximum Gasteiger partial charge on any atom is 0.339 e. The van der Waals surface area contributed by atoms with Crippen molar-refractivity contribution in [3.8, 4) is 11.1 Å². The predicted octanol–water partition coefficient (Wildman–Crippen LogP) is 6.03. The predicted molar refractivity (Wildman–Crippen MR) is 113 cm³/mol. The molecule has 0 unspecified atom stereocenters. The van der Waals surface area contributed by atoms with E-state index in [1.807, 2.05) is 26.8 Å². The third-order valence-corrected chi connectivity index (χ3v) is 5.70. The summed E-state index contributed by atoms with van der Waals surface area (Å²) >= 11 is 0. The molecule has 0 saturated carbocycles. The van der Waals surface area contributed by atoms with E-state index in [0.717, 1.165) is 38.8 Å². The van der Waals surface area contributed by atoms with Gasteiger partial charge in [0.1, 0.15) is 0 Å². The quantitative estimate of drug-likeness (QED) is 0.525. The Morgan fingerprint density at radius 1 is 0.929 bits per heavy atom. The summed E-state index contributed by atoms with van der Waals surface area (Å²) < 4.78 is 11.4. The Balaban J connectivity index is 2.12. The molecule has 0 saturated heterocycles. The van der Waals surface area contributed by atoms with Crippen molar-refractivity contribution in [2.24, 2.45) is 0 Å². The molecule has 0 fully saturated rings. The maximum atomic E-state index is 13.2. The smallest absolute Gasteiger partial charge is 0.339 e. The van der Waals surface area contributed by atoms with Gasteiger partial charge in [-0.15, -0.1) is 0 Å². The summed E-state index contributed by atoms with van der Waals surface area (Å²) in [6.07, 6.45) is -0.168. The van der Waals surface area contributed by atoms with Crippen molar-refractivity contribution < 1.29 is 14.3 Å². The van der Waals surface area contributed by atoms with E-state index in [-0.39, 0.29) is 12.1 Å². The van der Waals surface area contributed by atoms with Gasteiger partial charge >= 0.3 is 5.97 Å². The van der Waals surface area contributed by atoms with Gasteiger partial charge in [-0.1, -0.05) is 36.4 Å². The SMILES string of the molecule is Cc1ccc2ccccc2c1-c1c(C)c2c(c(C)c1C(=O)OC(C)C)COC2. The average molecular weight is 374 g/mol. The van der Waals surface area contributed by atoms with Gasteiger partial charge in [-0.05, 0) is 78.8 Å². The molecule has 0 N–H and O–H groups in total. The van der Waals surface area contributed by atoms with Gasteiger partial charge in [0.05, 0.1) is 24.9 Å². The molecule has 28 heavy (non-hydrogen) atoms. The zero-order valence-corrected chi connectivity index (χ0v) is 17.2. The lowest BCUT2D eigenvalue weighted by atomic mass is 9.82. The second kappa shape index (κ2) is 7.06. The van der Waals surface area contributed by atoms with Gasteiger partial charge in [0.25, 0.3) is 0 Å². The zero-order chi connectivity index (χ0) is 20.0. The van der Waals surface area contributed by atoms with E-state index in [1.165, 1.54) is 10.9 Å². The molecule has 3 nitrogen and oxygen atoms in total. The number of benzene rings is 3. The molecule has 0 bridgehead atoms. The van der Waals surface area contributed by atoms with Crippen molar-refractivity contribution in [2.75, 3.05) is 0 Å². The lowest BCUT2D eigenvalue weighted by Gasteiger charge is -2.22. The molecule has 0 spiro atoms. The molecule has 4 rings (SSSR count). The molecule has 3 aromatic carbocycles. The van der Waals surface area contributed by atoms with Crippen LogP contribution in [0.25, 0.3) is 21.9 Å². The van der Waals surface area contributed by atoms with Crippen molar-refractivity contribution in [1.29, 1.82) is 0 Å². The van der Waals surface area contributed by atoms with Crippen LogP contribution in [0.2, 0.25) is 0 Å². The highest BCUT2D eigenvalue weighted by molar-refractivity contribution is 6.07. The van der Waals surface area contributed by atoms with Crippen LogP contribution in [0.1, 0.15) is 52.0 Å². The summed E-state index contributed by atoms with van der Waals surface area (Å²) in [7, 11) is 0. The van der Waals surface area contributed by atoms with Gasteiger partial charge in [0.15, 0.2) is 0 Å². The Hall–Kier alpha value is -2.65. The number of hydrogen-bond acceptors (Lipinski definition) is 3. The number of carbonyl (C=O) groups excluding carboxylic acids is 1. The normalized spacial score (nSPS) is 13.2. The van der Waals surface area contributed by atoms with Crippen molar-refractivity contribution in [3.05, 3.63) is 69.8 Å². The third-order valence-electron chi connectivity index (χ3n) is 5.70. The van der Waals surface area contributed by atoms with E-state index in [2.05, 4.69) is 44.2 Å². The fourth-order valence-electron chi connectivity index (χ4n) is 4.33. The molecule has 1 heterocycles. The highest BCUT2D eigenvalue weighted by Gasteiger charge is 2.29. The Morgan fingerprint density at radius 2 is 1.61 bits per heavy atom. The van der Waals surface area contributed by atoms with E-state index in [0.29, 0.717) is 18.8 Å². The monoisotopic (exact) mass is 374 g/mol. The highest BCUT2D eigenvalue weighted by Crippen LogP contribution is 2.42. The second-order valence-corrected chi connectivity index (χ2v) is 7.88. The van der Waals surface area contributed by atoms with E-state index < -0.39 is 0 Å². The highest BCUT2D eigenvalue weighted by atomic mass is 16.5. The first-order valence-electron chi connectivity index (χ1n) is 9.82. The van der Waals surface area contributed by atoms with Crippen molar-refractivity contribution >= 4 is 16.7 Å². The number of hydrogen-bond donors (Lipinski definition) is 0. The van der Waals surface area contributed by atoms with Crippen LogP contribution >= 0.6 is 0 Å². The van der Waals surface area contributed by atoms with Gasteiger partial charge in [-0.2, -0.15) is 0 Å². The van der Waals surface area contributed by atoms with Crippen LogP contribution in [-0.2, 0) is 22.7 Å². The van der Waals surface area contributed by atoms with E-state index in [4.69, 9.17) is 9.47 Å². The van der Waals surface area contributed by atoms with E-state index in [1.54, 1.807) is 0 Å².